The van der Waals surface area contributed by atoms with E-state index in [1.165, 1.54) is 0 Å². The molecule has 0 radical (unpaired) electrons. The van der Waals surface area contributed by atoms with Gasteiger partial charge in [-0.25, -0.2) is 0 Å². The molecular formula is C8H7Br2N3O. The Bertz CT molecular complexity index is 364. The first-order valence-electron chi connectivity index (χ1n) is 3.83. The molecule has 6 heteroatoms. The smallest absolute Gasteiger partial charge is 0.134 e. The van der Waals surface area contributed by atoms with Crippen LogP contribution in [-0.2, 0) is 0 Å². The van der Waals surface area contributed by atoms with Crippen molar-refractivity contribution in [1.29, 1.82) is 0 Å². The van der Waals surface area contributed by atoms with Crippen LogP contribution in [-0.4, -0.2) is 13.2 Å². The van der Waals surface area contributed by atoms with E-state index in [9.17, 15) is 0 Å². The molecular weight excluding hydrogens is 314 g/mol. The van der Waals surface area contributed by atoms with Gasteiger partial charge in [0.1, 0.15) is 5.75 Å². The van der Waals surface area contributed by atoms with E-state index in [0.717, 1.165) is 14.7 Å². The van der Waals surface area contributed by atoms with Gasteiger partial charge in [0.05, 0.1) is 17.6 Å². The van der Waals surface area contributed by atoms with Crippen molar-refractivity contribution in [2.75, 3.05) is 13.2 Å². The van der Waals surface area contributed by atoms with Gasteiger partial charge in [-0.2, -0.15) is 0 Å². The minimum Gasteiger partial charge on any atom is -0.492 e. The van der Waals surface area contributed by atoms with Crippen LogP contribution in [0.15, 0.2) is 32.3 Å². The Morgan fingerprint density at radius 1 is 1.43 bits per heavy atom. The molecule has 0 saturated heterocycles. The molecule has 0 bridgehead atoms. The highest BCUT2D eigenvalue weighted by Crippen LogP contribution is 2.28. The van der Waals surface area contributed by atoms with Crippen LogP contribution in [0.5, 0.6) is 5.75 Å². The van der Waals surface area contributed by atoms with Gasteiger partial charge in [-0.3, -0.25) is 0 Å². The number of rotatable bonds is 4. The van der Waals surface area contributed by atoms with Crippen molar-refractivity contribution in [3.63, 3.8) is 0 Å². The zero-order valence-electron chi connectivity index (χ0n) is 7.15. The lowest BCUT2D eigenvalue weighted by Crippen LogP contribution is -2.00. The first kappa shape index (κ1) is 11.4. The second-order valence-corrected chi connectivity index (χ2v) is 4.15. The average molecular weight is 321 g/mol. The second kappa shape index (κ2) is 5.90. The number of hydrogen-bond donors (Lipinski definition) is 0. The van der Waals surface area contributed by atoms with Gasteiger partial charge in [0, 0.05) is 9.38 Å². The molecule has 14 heavy (non-hydrogen) atoms. The van der Waals surface area contributed by atoms with Gasteiger partial charge in [-0.15, -0.1) is 0 Å². The third-order valence-electron chi connectivity index (χ3n) is 1.41. The fraction of sp³-hybridized carbons (Fsp3) is 0.250. The molecule has 1 aromatic rings. The van der Waals surface area contributed by atoms with Crippen LogP contribution in [0, 0.1) is 0 Å². The quantitative estimate of drug-likeness (QED) is 0.359. The summed E-state index contributed by atoms with van der Waals surface area (Å²) in [5, 5.41) is 3.37. The van der Waals surface area contributed by atoms with Crippen molar-refractivity contribution < 1.29 is 4.74 Å². The van der Waals surface area contributed by atoms with Crippen LogP contribution in [0.1, 0.15) is 0 Å². The lowest BCUT2D eigenvalue weighted by molar-refractivity contribution is 0.326. The fourth-order valence-corrected chi connectivity index (χ4v) is 1.53. The summed E-state index contributed by atoms with van der Waals surface area (Å²) in [5.74, 6) is 0.729. The normalized spacial score (nSPS) is 9.29. The zero-order valence-corrected chi connectivity index (χ0v) is 10.3. The molecule has 0 saturated carbocycles. The predicted molar refractivity (Wildman–Crippen MR) is 61.4 cm³/mol. The molecule has 0 atom stereocenters. The van der Waals surface area contributed by atoms with Gasteiger partial charge < -0.3 is 4.74 Å². The average Bonchev–Trinajstić information content (AvgIpc) is 2.18. The maximum absolute atomic E-state index is 8.05. The molecule has 0 heterocycles. The number of azide groups is 1. The third kappa shape index (κ3) is 3.57. The summed E-state index contributed by atoms with van der Waals surface area (Å²) in [4.78, 5) is 2.63. The van der Waals surface area contributed by atoms with E-state index in [4.69, 9.17) is 10.3 Å². The van der Waals surface area contributed by atoms with Crippen molar-refractivity contribution in [1.82, 2.24) is 0 Å². The monoisotopic (exact) mass is 319 g/mol. The van der Waals surface area contributed by atoms with Crippen LogP contribution in [0.25, 0.3) is 10.4 Å². The summed E-state index contributed by atoms with van der Waals surface area (Å²) >= 11 is 6.69. The number of halogens is 2. The Morgan fingerprint density at radius 3 is 2.93 bits per heavy atom. The lowest BCUT2D eigenvalue weighted by atomic mass is 10.3. The molecule has 0 fully saturated rings. The van der Waals surface area contributed by atoms with Gasteiger partial charge in [-0.1, -0.05) is 21.0 Å². The summed E-state index contributed by atoms with van der Waals surface area (Å²) in [6.07, 6.45) is 0. The van der Waals surface area contributed by atoms with Crippen LogP contribution in [0.2, 0.25) is 0 Å². The third-order valence-corrected chi connectivity index (χ3v) is 2.55. The van der Waals surface area contributed by atoms with E-state index in [0.29, 0.717) is 13.2 Å². The molecule has 1 aromatic carbocycles. The Balaban J connectivity index is 2.57. The Labute approximate surface area is 98.1 Å². The maximum atomic E-state index is 8.05. The maximum Gasteiger partial charge on any atom is 0.134 e. The topological polar surface area (TPSA) is 58.0 Å². The van der Waals surface area contributed by atoms with E-state index in [2.05, 4.69) is 41.9 Å². The minimum absolute atomic E-state index is 0.329. The molecule has 74 valence electrons. The Morgan fingerprint density at radius 2 is 2.21 bits per heavy atom. The highest BCUT2D eigenvalue weighted by Gasteiger charge is 2.00. The van der Waals surface area contributed by atoms with Crippen LogP contribution < -0.4 is 4.74 Å². The Hall–Kier alpha value is -0.710. The van der Waals surface area contributed by atoms with E-state index in [-0.39, 0.29) is 0 Å². The van der Waals surface area contributed by atoms with Gasteiger partial charge in [0.15, 0.2) is 0 Å². The minimum atomic E-state index is 0.329. The van der Waals surface area contributed by atoms with Gasteiger partial charge in [0.2, 0.25) is 0 Å². The highest BCUT2D eigenvalue weighted by atomic mass is 79.9. The molecule has 0 spiro atoms. The van der Waals surface area contributed by atoms with E-state index in [1.54, 1.807) is 0 Å². The standard InChI is InChI=1S/C8H7Br2N3O/c9-6-1-2-7(10)8(5-6)14-4-3-12-13-11/h1-2,5H,3-4H2. The first-order valence-corrected chi connectivity index (χ1v) is 5.41. The second-order valence-electron chi connectivity index (χ2n) is 2.38. The van der Waals surface area contributed by atoms with Crippen molar-refractivity contribution in [3.05, 3.63) is 37.6 Å². The van der Waals surface area contributed by atoms with E-state index >= 15 is 0 Å². The molecule has 0 aliphatic carbocycles. The molecule has 0 unspecified atom stereocenters. The molecule has 4 nitrogen and oxygen atoms in total. The first-order chi connectivity index (χ1) is 6.74. The molecule has 0 amide bonds. The molecule has 0 aromatic heterocycles. The summed E-state index contributed by atoms with van der Waals surface area (Å²) in [5.41, 5.74) is 8.05. The molecule has 0 aliphatic heterocycles. The highest BCUT2D eigenvalue weighted by molar-refractivity contribution is 9.11. The summed E-state index contributed by atoms with van der Waals surface area (Å²) in [6, 6.07) is 5.64. The van der Waals surface area contributed by atoms with E-state index in [1.807, 2.05) is 18.2 Å². The van der Waals surface area contributed by atoms with Crippen molar-refractivity contribution in [2.45, 2.75) is 0 Å². The molecule has 0 N–H and O–H groups in total. The molecule has 0 aliphatic rings. The number of hydrogen-bond acceptors (Lipinski definition) is 2. The zero-order chi connectivity index (χ0) is 10.4. The Kier molecular flexibility index (Phi) is 4.79. The number of nitrogens with zero attached hydrogens (tertiary/aromatic N) is 3. The fourth-order valence-electron chi connectivity index (χ4n) is 0.829. The van der Waals surface area contributed by atoms with Crippen LogP contribution in [0.3, 0.4) is 0 Å². The van der Waals surface area contributed by atoms with Crippen molar-refractivity contribution >= 4 is 31.9 Å². The van der Waals surface area contributed by atoms with Crippen LogP contribution >= 0.6 is 31.9 Å². The van der Waals surface area contributed by atoms with Crippen LogP contribution in [0.4, 0.5) is 0 Å². The number of benzene rings is 1. The molecule has 1 rings (SSSR count). The summed E-state index contributed by atoms with van der Waals surface area (Å²) in [6.45, 7) is 0.703. The lowest BCUT2D eigenvalue weighted by Gasteiger charge is -2.06. The largest absolute Gasteiger partial charge is 0.492 e. The summed E-state index contributed by atoms with van der Waals surface area (Å²) in [7, 11) is 0. The van der Waals surface area contributed by atoms with Gasteiger partial charge in [-0.05, 0) is 39.7 Å². The summed E-state index contributed by atoms with van der Waals surface area (Å²) < 4.78 is 7.20. The SMILES string of the molecule is [N-]=[N+]=NCCOc1cc(Br)ccc1Br. The van der Waals surface area contributed by atoms with Crippen molar-refractivity contribution in [2.24, 2.45) is 5.11 Å². The van der Waals surface area contributed by atoms with Gasteiger partial charge >= 0.3 is 0 Å². The van der Waals surface area contributed by atoms with Gasteiger partial charge in [0.25, 0.3) is 0 Å². The van der Waals surface area contributed by atoms with Crippen molar-refractivity contribution in [3.8, 4) is 5.75 Å². The predicted octanol–water partition coefficient (Wildman–Crippen LogP) is 3.90. The van der Waals surface area contributed by atoms with E-state index < -0.39 is 0 Å². The number of ether oxygens (including phenoxy) is 1.